The molecule has 0 atom stereocenters. The lowest BCUT2D eigenvalue weighted by atomic mass is 9.89. The third-order valence-corrected chi connectivity index (χ3v) is 12.1. The summed E-state index contributed by atoms with van der Waals surface area (Å²) in [6.45, 7) is 0. The third kappa shape index (κ3) is 4.47. The zero-order valence-corrected chi connectivity index (χ0v) is 26.9. The lowest BCUT2D eigenvalue weighted by molar-refractivity contribution is -0.400. The van der Waals surface area contributed by atoms with Crippen molar-refractivity contribution >= 4 is 72.2 Å². The molecule has 0 aliphatic heterocycles. The largest absolute Gasteiger partial charge is 0.497 e. The van der Waals surface area contributed by atoms with Crippen LogP contribution in [0.5, 0.6) is 11.5 Å². The number of fused-ring (bicyclic) bond motifs is 7. The van der Waals surface area contributed by atoms with Gasteiger partial charge in [0.15, 0.2) is 7.14 Å². The predicted molar refractivity (Wildman–Crippen MR) is 193 cm³/mol. The Morgan fingerprint density at radius 2 is 1.27 bits per heavy atom. The van der Waals surface area contributed by atoms with E-state index in [1.165, 1.54) is 14.2 Å². The number of nitrogens with zero attached hydrogens (tertiary/aromatic N) is 1. The fourth-order valence-electron chi connectivity index (χ4n) is 6.86. The number of hydrogen-bond donors (Lipinski definition) is 0. The van der Waals surface area contributed by atoms with E-state index in [1.807, 2.05) is 54.6 Å². The average molecular weight is 650 g/mol. The molecule has 48 heavy (non-hydrogen) atoms. The van der Waals surface area contributed by atoms with Gasteiger partial charge in [0.25, 0.3) is 0 Å². The molecule has 0 unspecified atom stereocenters. The highest BCUT2D eigenvalue weighted by atomic mass is 31.2. The van der Waals surface area contributed by atoms with Gasteiger partial charge in [0.05, 0.1) is 14.2 Å². The van der Waals surface area contributed by atoms with Gasteiger partial charge < -0.3 is 18.5 Å². The smallest absolute Gasteiger partial charge is 0.445 e. The van der Waals surface area contributed by atoms with Crippen LogP contribution in [-0.2, 0) is 4.57 Å². The van der Waals surface area contributed by atoms with E-state index in [9.17, 15) is 10.1 Å². The van der Waals surface area contributed by atoms with E-state index in [0.29, 0.717) is 27.5 Å². The summed E-state index contributed by atoms with van der Waals surface area (Å²) in [6.07, 6.45) is 0. The Hall–Kier alpha value is -5.91. The van der Waals surface area contributed by atoms with Crippen LogP contribution in [0.2, 0.25) is 0 Å². The molecule has 0 aliphatic rings. The molecule has 0 fully saturated rings. The van der Waals surface area contributed by atoms with Gasteiger partial charge >= 0.3 is 5.88 Å². The van der Waals surface area contributed by atoms with Gasteiger partial charge in [0.2, 0.25) is 0 Å². The number of hydrogen-bond acceptors (Lipinski definition) is 6. The number of benzene rings is 7. The molecule has 0 saturated carbocycles. The van der Waals surface area contributed by atoms with Gasteiger partial charge in [0, 0.05) is 21.4 Å². The van der Waals surface area contributed by atoms with Crippen molar-refractivity contribution in [2.24, 2.45) is 0 Å². The van der Waals surface area contributed by atoms with Crippen molar-refractivity contribution in [3.05, 3.63) is 144 Å². The monoisotopic (exact) mass is 649 g/mol. The minimum absolute atomic E-state index is 0.0223. The third-order valence-electron chi connectivity index (χ3n) is 9.01. The Morgan fingerprint density at radius 1 is 0.625 bits per heavy atom. The lowest BCUT2D eigenvalue weighted by Crippen LogP contribution is -2.26. The van der Waals surface area contributed by atoms with Crippen molar-refractivity contribution < 1.29 is 23.4 Å². The molecule has 0 saturated heterocycles. The zero-order valence-electron chi connectivity index (χ0n) is 26.0. The first-order valence-corrected chi connectivity index (χ1v) is 17.1. The second-order valence-electron chi connectivity index (χ2n) is 11.6. The summed E-state index contributed by atoms with van der Waals surface area (Å²) in [7, 11) is -1.01. The van der Waals surface area contributed by atoms with Gasteiger partial charge in [-0.2, -0.15) is 0 Å². The van der Waals surface area contributed by atoms with Crippen LogP contribution < -0.4 is 25.4 Å². The molecular formula is C40H28NO6P. The quantitative estimate of drug-likeness (QED) is 0.0740. The topological polar surface area (TPSA) is 91.8 Å². The van der Waals surface area contributed by atoms with E-state index in [0.717, 1.165) is 43.4 Å². The molecule has 0 amide bonds. The second-order valence-corrected chi connectivity index (χ2v) is 14.3. The molecule has 8 aromatic rings. The molecule has 8 rings (SSSR count). The van der Waals surface area contributed by atoms with Crippen molar-refractivity contribution in [2.45, 2.75) is 0 Å². The van der Waals surface area contributed by atoms with Gasteiger partial charge in [-0.15, -0.1) is 0 Å². The maximum atomic E-state index is 16.3. The highest BCUT2D eigenvalue weighted by Gasteiger charge is 2.43. The Morgan fingerprint density at radius 3 is 1.94 bits per heavy atom. The van der Waals surface area contributed by atoms with Crippen molar-refractivity contribution in [3.8, 4) is 22.6 Å². The molecular weight excluding hydrogens is 621 g/mol. The van der Waals surface area contributed by atoms with Gasteiger partial charge in [-0.25, -0.2) is 0 Å². The number of ether oxygens (including phenoxy) is 2. The van der Waals surface area contributed by atoms with Crippen LogP contribution in [0, 0.1) is 10.1 Å². The van der Waals surface area contributed by atoms with Gasteiger partial charge in [-0.1, -0.05) is 91.0 Å². The lowest BCUT2D eigenvalue weighted by Gasteiger charge is -2.20. The van der Waals surface area contributed by atoms with E-state index in [4.69, 9.17) is 13.9 Å². The van der Waals surface area contributed by atoms with E-state index >= 15 is 4.57 Å². The second kappa shape index (κ2) is 11.4. The number of methoxy groups -OCH3 is 2. The molecule has 8 heteroatoms. The SMILES string of the molecule is COc1cccc(P(=O)(c2cccc(OC)c2)c2c([N+](=O)[O-])oc3ccc4c(-c5ccccc5)cc5ccc6ccccc6c5c4c23)c1. The Kier molecular flexibility index (Phi) is 7.01. The average Bonchev–Trinajstić information content (AvgIpc) is 3.55. The highest BCUT2D eigenvalue weighted by Crippen LogP contribution is 2.52. The van der Waals surface area contributed by atoms with Crippen molar-refractivity contribution in [1.82, 2.24) is 0 Å². The fourth-order valence-corrected chi connectivity index (χ4v) is 9.82. The highest BCUT2D eigenvalue weighted by molar-refractivity contribution is 7.86. The van der Waals surface area contributed by atoms with Crippen LogP contribution in [0.25, 0.3) is 54.4 Å². The molecule has 0 radical (unpaired) electrons. The number of furan rings is 1. The van der Waals surface area contributed by atoms with Crippen LogP contribution in [0.1, 0.15) is 0 Å². The van der Waals surface area contributed by atoms with Crippen molar-refractivity contribution in [2.75, 3.05) is 14.2 Å². The molecule has 0 aliphatic carbocycles. The molecule has 7 nitrogen and oxygen atoms in total. The Labute approximate surface area is 275 Å². The van der Waals surface area contributed by atoms with Gasteiger partial charge in [-0.3, -0.25) is 10.1 Å². The van der Waals surface area contributed by atoms with Gasteiger partial charge in [0.1, 0.15) is 27.3 Å². The molecule has 1 heterocycles. The van der Waals surface area contributed by atoms with Crippen LogP contribution in [-0.4, -0.2) is 19.1 Å². The number of nitro groups is 1. The minimum Gasteiger partial charge on any atom is -0.497 e. The minimum atomic E-state index is -4.07. The maximum absolute atomic E-state index is 16.3. The normalized spacial score (nSPS) is 11.8. The summed E-state index contributed by atoms with van der Waals surface area (Å²) in [6, 6.07) is 41.9. The van der Waals surface area contributed by atoms with Crippen LogP contribution in [0.3, 0.4) is 0 Å². The molecule has 234 valence electrons. The molecule has 0 spiro atoms. The van der Waals surface area contributed by atoms with Crippen molar-refractivity contribution in [3.63, 3.8) is 0 Å². The summed E-state index contributed by atoms with van der Waals surface area (Å²) in [5.41, 5.74) is 2.21. The van der Waals surface area contributed by atoms with Crippen LogP contribution in [0.15, 0.2) is 138 Å². The fraction of sp³-hybridized carbons (Fsp3) is 0.0500. The summed E-state index contributed by atoms with van der Waals surface area (Å²) >= 11 is 0. The molecule has 1 aromatic heterocycles. The first-order valence-electron chi connectivity index (χ1n) is 15.4. The molecule has 0 N–H and O–H groups in total. The zero-order chi connectivity index (χ0) is 33.0. The first kappa shape index (κ1) is 29.5. The van der Waals surface area contributed by atoms with E-state index in [2.05, 4.69) is 24.3 Å². The molecule has 7 aromatic carbocycles. The Bertz CT molecular complexity index is 2560. The standard InChI is InChI=1S/C40H28NO6P/c1-45-28-13-8-15-30(23-28)48(44,31-16-9-14-29(24-31)46-2)39-38-35(47-40(39)41(42)43)21-20-33-34(25-10-4-3-5-11-25)22-27-19-18-26-12-6-7-17-32(26)36(27)37(33)38/h3-24H,1-2H3. The Balaban J connectivity index is 1.65. The van der Waals surface area contributed by atoms with Crippen molar-refractivity contribution in [1.29, 1.82) is 0 Å². The van der Waals surface area contributed by atoms with Gasteiger partial charge in [-0.05, 0) is 80.5 Å². The summed E-state index contributed by atoms with van der Waals surface area (Å²) < 4.78 is 33.5. The predicted octanol–water partition coefficient (Wildman–Crippen LogP) is 9.12. The number of rotatable bonds is 7. The molecule has 0 bridgehead atoms. The van der Waals surface area contributed by atoms with E-state index < -0.39 is 17.9 Å². The maximum Gasteiger partial charge on any atom is 0.445 e. The first-order chi connectivity index (χ1) is 23.4. The van der Waals surface area contributed by atoms with E-state index in [1.54, 1.807) is 54.6 Å². The van der Waals surface area contributed by atoms with Crippen LogP contribution >= 0.6 is 7.14 Å². The van der Waals surface area contributed by atoms with E-state index in [-0.39, 0.29) is 10.9 Å². The van der Waals surface area contributed by atoms with Crippen LogP contribution in [0.4, 0.5) is 5.88 Å². The summed E-state index contributed by atoms with van der Waals surface area (Å²) in [4.78, 5) is 12.4. The summed E-state index contributed by atoms with van der Waals surface area (Å²) in [5, 5.41) is 19.6. The summed E-state index contributed by atoms with van der Waals surface area (Å²) in [5.74, 6) is 0.377.